The van der Waals surface area contributed by atoms with Crippen LogP contribution in [0, 0.1) is 19.8 Å². The predicted octanol–water partition coefficient (Wildman–Crippen LogP) is 2.38. The van der Waals surface area contributed by atoms with Crippen LogP contribution in [-0.4, -0.2) is 25.5 Å². The summed E-state index contributed by atoms with van der Waals surface area (Å²) in [5.41, 5.74) is 3.89. The van der Waals surface area contributed by atoms with Crippen molar-refractivity contribution in [2.24, 2.45) is 5.92 Å². The summed E-state index contributed by atoms with van der Waals surface area (Å²) in [5, 5.41) is 6.36. The van der Waals surface area contributed by atoms with E-state index in [1.165, 1.54) is 16.7 Å². The van der Waals surface area contributed by atoms with Crippen molar-refractivity contribution in [3.63, 3.8) is 0 Å². The Morgan fingerprint density at radius 3 is 2.40 bits per heavy atom. The molecule has 2 rings (SSSR count). The first-order valence-electron chi connectivity index (χ1n) is 7.21. The van der Waals surface area contributed by atoms with E-state index in [0.717, 1.165) is 38.9 Å². The minimum atomic E-state index is 0. The van der Waals surface area contributed by atoms with E-state index in [1.54, 1.807) is 0 Å². The largest absolute Gasteiger partial charge is 0.356 e. The first-order valence-corrected chi connectivity index (χ1v) is 7.21. The van der Waals surface area contributed by atoms with Crippen LogP contribution < -0.4 is 10.6 Å². The van der Waals surface area contributed by atoms with Gasteiger partial charge in [-0.25, -0.2) is 0 Å². The Morgan fingerprint density at radius 2 is 1.80 bits per heavy atom. The lowest BCUT2D eigenvalue weighted by Gasteiger charge is -2.21. The molecule has 0 aromatic heterocycles. The van der Waals surface area contributed by atoms with Crippen LogP contribution in [0.3, 0.4) is 0 Å². The third kappa shape index (κ3) is 5.14. The van der Waals surface area contributed by atoms with E-state index >= 15 is 0 Å². The summed E-state index contributed by atoms with van der Waals surface area (Å²) in [5.74, 6) is 0.436. The molecule has 3 nitrogen and oxygen atoms in total. The number of carbonyl (C=O) groups excluding carboxylic acids is 1. The van der Waals surface area contributed by atoms with Gasteiger partial charge in [-0.1, -0.05) is 29.3 Å². The molecule has 0 unspecified atom stereocenters. The molecule has 1 aromatic carbocycles. The van der Waals surface area contributed by atoms with Crippen LogP contribution in [0.25, 0.3) is 0 Å². The van der Waals surface area contributed by atoms with Crippen LogP contribution in [0.2, 0.25) is 0 Å². The molecule has 0 radical (unpaired) electrons. The topological polar surface area (TPSA) is 41.1 Å². The van der Waals surface area contributed by atoms with E-state index in [4.69, 9.17) is 0 Å². The van der Waals surface area contributed by atoms with E-state index < -0.39 is 0 Å². The van der Waals surface area contributed by atoms with Crippen molar-refractivity contribution in [2.75, 3.05) is 19.6 Å². The average molecular weight is 297 g/mol. The van der Waals surface area contributed by atoms with Crippen molar-refractivity contribution >= 4 is 18.3 Å². The number of hydrogen-bond donors (Lipinski definition) is 2. The zero-order chi connectivity index (χ0) is 13.7. The highest BCUT2D eigenvalue weighted by molar-refractivity contribution is 5.85. The lowest BCUT2D eigenvalue weighted by Crippen LogP contribution is -2.38. The van der Waals surface area contributed by atoms with Crippen molar-refractivity contribution < 1.29 is 4.79 Å². The van der Waals surface area contributed by atoms with Gasteiger partial charge in [0, 0.05) is 12.5 Å². The van der Waals surface area contributed by atoms with E-state index in [9.17, 15) is 4.79 Å². The van der Waals surface area contributed by atoms with Gasteiger partial charge in [-0.15, -0.1) is 12.4 Å². The van der Waals surface area contributed by atoms with Gasteiger partial charge in [0.2, 0.25) is 5.91 Å². The normalized spacial score (nSPS) is 15.5. The molecule has 4 heteroatoms. The van der Waals surface area contributed by atoms with Crippen molar-refractivity contribution in [1.29, 1.82) is 0 Å². The van der Waals surface area contributed by atoms with Gasteiger partial charge in [0.15, 0.2) is 0 Å². The number of hydrogen-bond acceptors (Lipinski definition) is 2. The summed E-state index contributed by atoms with van der Waals surface area (Å²) in [6, 6.07) is 6.57. The van der Waals surface area contributed by atoms with Crippen LogP contribution in [0.1, 0.15) is 29.5 Å². The Kier molecular flexibility index (Phi) is 7.03. The van der Waals surface area contributed by atoms with E-state index in [-0.39, 0.29) is 24.2 Å². The maximum absolute atomic E-state index is 12.0. The molecule has 1 fully saturated rings. The summed E-state index contributed by atoms with van der Waals surface area (Å²) >= 11 is 0. The molecular formula is C16H25ClN2O. The van der Waals surface area contributed by atoms with Crippen LogP contribution in [0.4, 0.5) is 0 Å². The number of piperidine rings is 1. The molecule has 20 heavy (non-hydrogen) atoms. The average Bonchev–Trinajstić information content (AvgIpc) is 2.38. The molecule has 0 spiro atoms. The lowest BCUT2D eigenvalue weighted by molar-refractivity contribution is -0.125. The van der Waals surface area contributed by atoms with Crippen LogP contribution in [0.5, 0.6) is 0 Å². The Hall–Kier alpha value is -1.06. The summed E-state index contributed by atoms with van der Waals surface area (Å²) < 4.78 is 0. The molecule has 0 atom stereocenters. The first-order chi connectivity index (χ1) is 9.15. The molecule has 1 saturated heterocycles. The number of rotatable bonds is 4. The standard InChI is InChI=1S/C16H24N2O.ClH/c1-12-9-13(2)11-14(10-12)3-8-18-16(19)15-4-6-17-7-5-15;/h9-11,15,17H,3-8H2,1-2H3,(H,18,19);1H. The van der Waals surface area contributed by atoms with Gasteiger partial charge in [0.25, 0.3) is 0 Å². The van der Waals surface area contributed by atoms with Gasteiger partial charge >= 0.3 is 0 Å². The number of nitrogens with one attached hydrogen (secondary N) is 2. The SMILES string of the molecule is Cc1cc(C)cc(CCNC(=O)C2CCNCC2)c1.Cl. The molecule has 0 bridgehead atoms. The van der Waals surface area contributed by atoms with Crippen molar-refractivity contribution in [3.05, 3.63) is 34.9 Å². The molecular weight excluding hydrogens is 272 g/mol. The quantitative estimate of drug-likeness (QED) is 0.896. The highest BCUT2D eigenvalue weighted by Gasteiger charge is 2.20. The fourth-order valence-electron chi connectivity index (χ4n) is 2.77. The molecule has 2 N–H and O–H groups in total. The van der Waals surface area contributed by atoms with Gasteiger partial charge in [-0.05, 0) is 51.8 Å². The van der Waals surface area contributed by atoms with Crippen molar-refractivity contribution in [3.8, 4) is 0 Å². The number of amides is 1. The van der Waals surface area contributed by atoms with Gasteiger partial charge in [0.1, 0.15) is 0 Å². The van der Waals surface area contributed by atoms with E-state index in [2.05, 4.69) is 42.7 Å². The fourth-order valence-corrected chi connectivity index (χ4v) is 2.77. The van der Waals surface area contributed by atoms with Gasteiger partial charge < -0.3 is 10.6 Å². The molecule has 1 amide bonds. The first kappa shape index (κ1) is 17.0. The molecule has 0 saturated carbocycles. The van der Waals surface area contributed by atoms with Gasteiger partial charge in [-0.2, -0.15) is 0 Å². The number of aryl methyl sites for hydroxylation is 2. The molecule has 112 valence electrons. The van der Waals surface area contributed by atoms with Crippen LogP contribution in [-0.2, 0) is 11.2 Å². The zero-order valence-corrected chi connectivity index (χ0v) is 13.2. The fraction of sp³-hybridized carbons (Fsp3) is 0.562. The molecule has 1 heterocycles. The zero-order valence-electron chi connectivity index (χ0n) is 12.4. The second-order valence-corrected chi connectivity index (χ2v) is 5.56. The highest BCUT2D eigenvalue weighted by atomic mass is 35.5. The van der Waals surface area contributed by atoms with E-state index in [1.807, 2.05) is 0 Å². The van der Waals surface area contributed by atoms with Gasteiger partial charge in [0.05, 0.1) is 0 Å². The molecule has 1 aromatic rings. The second kappa shape index (κ2) is 8.28. The lowest BCUT2D eigenvalue weighted by atomic mass is 9.97. The third-order valence-corrected chi connectivity index (χ3v) is 3.70. The maximum Gasteiger partial charge on any atom is 0.223 e. The molecule has 1 aliphatic heterocycles. The van der Waals surface area contributed by atoms with Crippen molar-refractivity contribution in [1.82, 2.24) is 10.6 Å². The second-order valence-electron chi connectivity index (χ2n) is 5.56. The Bertz CT molecular complexity index is 422. The van der Waals surface area contributed by atoms with Crippen LogP contribution >= 0.6 is 12.4 Å². The summed E-state index contributed by atoms with van der Waals surface area (Å²) in [7, 11) is 0. The number of carbonyl (C=O) groups is 1. The summed E-state index contributed by atoms with van der Waals surface area (Å²) in [6.07, 6.45) is 2.85. The number of benzene rings is 1. The van der Waals surface area contributed by atoms with E-state index in [0.29, 0.717) is 0 Å². The van der Waals surface area contributed by atoms with Gasteiger partial charge in [-0.3, -0.25) is 4.79 Å². The summed E-state index contributed by atoms with van der Waals surface area (Å²) in [6.45, 7) is 6.91. The minimum Gasteiger partial charge on any atom is -0.356 e. The third-order valence-electron chi connectivity index (χ3n) is 3.70. The maximum atomic E-state index is 12.0. The predicted molar refractivity (Wildman–Crippen MR) is 85.5 cm³/mol. The molecule has 0 aliphatic carbocycles. The Morgan fingerprint density at radius 1 is 1.20 bits per heavy atom. The van der Waals surface area contributed by atoms with Crippen molar-refractivity contribution in [2.45, 2.75) is 33.1 Å². The summed E-state index contributed by atoms with van der Waals surface area (Å²) in [4.78, 5) is 12.0. The van der Waals surface area contributed by atoms with Crippen LogP contribution in [0.15, 0.2) is 18.2 Å². The smallest absolute Gasteiger partial charge is 0.223 e. The highest BCUT2D eigenvalue weighted by Crippen LogP contribution is 2.12. The monoisotopic (exact) mass is 296 g/mol. The molecule has 1 aliphatic rings. The Balaban J connectivity index is 0.00000200. The minimum absolute atomic E-state index is 0. The Labute approximate surface area is 127 Å². The number of halogens is 1.